The maximum atomic E-state index is 12.8. The molecule has 0 spiro atoms. The topological polar surface area (TPSA) is 58.6 Å². The lowest BCUT2D eigenvalue weighted by Crippen LogP contribution is -2.30. The molecule has 1 N–H and O–H groups in total. The summed E-state index contributed by atoms with van der Waals surface area (Å²) in [5.74, 6) is 0.348. The number of benzene rings is 3. The second-order valence-electron chi connectivity index (χ2n) is 6.53. The van der Waals surface area contributed by atoms with E-state index in [1.54, 1.807) is 42.4 Å². The van der Waals surface area contributed by atoms with Gasteiger partial charge in [0.25, 0.3) is 5.91 Å². The normalized spacial score (nSPS) is 10.6. The number of ether oxygens (including phenoxy) is 1. The van der Waals surface area contributed by atoms with Crippen molar-refractivity contribution >= 4 is 29.3 Å². The van der Waals surface area contributed by atoms with Crippen molar-refractivity contribution in [3.8, 4) is 5.75 Å². The number of nitrogens with zero attached hydrogens (tertiary/aromatic N) is 1. The predicted molar refractivity (Wildman–Crippen MR) is 121 cm³/mol. The number of para-hydroxylation sites is 2. The van der Waals surface area contributed by atoms with Gasteiger partial charge in [-0.25, -0.2) is 0 Å². The summed E-state index contributed by atoms with van der Waals surface area (Å²) in [6.45, 7) is 2.50. The van der Waals surface area contributed by atoms with Crippen LogP contribution in [0.5, 0.6) is 5.75 Å². The Morgan fingerprint density at radius 2 is 1.60 bits per heavy atom. The first-order chi connectivity index (χ1) is 14.6. The lowest BCUT2D eigenvalue weighted by atomic mass is 10.1. The highest BCUT2D eigenvalue weighted by Crippen LogP contribution is 2.20. The van der Waals surface area contributed by atoms with Crippen molar-refractivity contribution in [1.82, 2.24) is 0 Å². The molecule has 3 aromatic carbocycles. The molecule has 0 aliphatic carbocycles. The van der Waals surface area contributed by atoms with Gasteiger partial charge in [-0.3, -0.25) is 9.59 Å². The number of rotatable bonds is 7. The summed E-state index contributed by atoms with van der Waals surface area (Å²) in [6.07, 6.45) is 3.15. The molecule has 5 heteroatoms. The van der Waals surface area contributed by atoms with Crippen molar-refractivity contribution in [2.24, 2.45) is 0 Å². The average Bonchev–Trinajstić information content (AvgIpc) is 2.79. The van der Waals surface area contributed by atoms with E-state index in [1.807, 2.05) is 61.5 Å². The largest absolute Gasteiger partial charge is 0.496 e. The fraction of sp³-hybridized carbons (Fsp3) is 0.120. The van der Waals surface area contributed by atoms with Crippen molar-refractivity contribution in [3.05, 3.63) is 96.1 Å². The molecule has 2 amide bonds. The summed E-state index contributed by atoms with van der Waals surface area (Å²) in [4.78, 5) is 26.8. The van der Waals surface area contributed by atoms with Crippen molar-refractivity contribution in [2.75, 3.05) is 23.9 Å². The Bertz CT molecular complexity index is 1030. The van der Waals surface area contributed by atoms with Crippen LogP contribution in [-0.4, -0.2) is 25.5 Å². The minimum absolute atomic E-state index is 0.0855. The van der Waals surface area contributed by atoms with Crippen LogP contribution in [0.25, 0.3) is 6.08 Å². The fourth-order valence-electron chi connectivity index (χ4n) is 3.06. The Hall–Kier alpha value is -3.86. The summed E-state index contributed by atoms with van der Waals surface area (Å²) < 4.78 is 5.27. The van der Waals surface area contributed by atoms with Crippen LogP contribution < -0.4 is 15.0 Å². The van der Waals surface area contributed by atoms with Gasteiger partial charge in [0.05, 0.1) is 7.11 Å². The summed E-state index contributed by atoms with van der Waals surface area (Å²) in [5.41, 5.74) is 2.84. The third-order valence-corrected chi connectivity index (χ3v) is 4.58. The van der Waals surface area contributed by atoms with Crippen LogP contribution in [0.4, 0.5) is 11.4 Å². The molecule has 30 heavy (non-hydrogen) atoms. The maximum Gasteiger partial charge on any atom is 0.258 e. The van der Waals surface area contributed by atoms with E-state index in [4.69, 9.17) is 4.74 Å². The van der Waals surface area contributed by atoms with E-state index in [0.29, 0.717) is 23.5 Å². The molecule has 0 saturated heterocycles. The van der Waals surface area contributed by atoms with E-state index in [9.17, 15) is 9.59 Å². The van der Waals surface area contributed by atoms with Crippen LogP contribution >= 0.6 is 0 Å². The molecule has 0 radical (unpaired) electrons. The van der Waals surface area contributed by atoms with Crippen LogP contribution in [0.1, 0.15) is 22.8 Å². The fourth-order valence-corrected chi connectivity index (χ4v) is 3.06. The van der Waals surface area contributed by atoms with E-state index in [-0.39, 0.29) is 11.8 Å². The first-order valence-corrected chi connectivity index (χ1v) is 9.71. The van der Waals surface area contributed by atoms with Crippen LogP contribution in [-0.2, 0) is 4.79 Å². The molecule has 0 unspecified atom stereocenters. The molecule has 0 fully saturated rings. The molecule has 3 aromatic rings. The zero-order valence-corrected chi connectivity index (χ0v) is 17.0. The minimum atomic E-state index is -0.264. The molecule has 0 bridgehead atoms. The molecule has 3 rings (SSSR count). The summed E-state index contributed by atoms with van der Waals surface area (Å²) >= 11 is 0. The highest BCUT2D eigenvalue weighted by Gasteiger charge is 2.15. The van der Waals surface area contributed by atoms with Crippen LogP contribution in [0.3, 0.4) is 0 Å². The zero-order chi connectivity index (χ0) is 21.3. The van der Waals surface area contributed by atoms with Crippen molar-refractivity contribution in [3.63, 3.8) is 0 Å². The quantitative estimate of drug-likeness (QED) is 0.567. The van der Waals surface area contributed by atoms with Gasteiger partial charge in [0, 0.05) is 35.1 Å². The van der Waals surface area contributed by atoms with Gasteiger partial charge < -0.3 is 15.0 Å². The Kier molecular flexibility index (Phi) is 7.00. The molecule has 0 atom stereocenters. The van der Waals surface area contributed by atoms with E-state index in [2.05, 4.69) is 5.32 Å². The zero-order valence-electron chi connectivity index (χ0n) is 17.0. The Labute approximate surface area is 176 Å². The van der Waals surface area contributed by atoms with E-state index in [0.717, 1.165) is 11.3 Å². The summed E-state index contributed by atoms with van der Waals surface area (Å²) in [5, 5.41) is 2.80. The Morgan fingerprint density at radius 1 is 0.933 bits per heavy atom. The number of hydrogen-bond donors (Lipinski definition) is 1. The third kappa shape index (κ3) is 5.14. The van der Waals surface area contributed by atoms with Gasteiger partial charge >= 0.3 is 0 Å². The summed E-state index contributed by atoms with van der Waals surface area (Å²) in [7, 11) is 1.59. The first kappa shape index (κ1) is 20.9. The monoisotopic (exact) mass is 400 g/mol. The number of amides is 2. The second-order valence-corrected chi connectivity index (χ2v) is 6.53. The predicted octanol–water partition coefficient (Wildman–Crippen LogP) is 5.01. The Morgan fingerprint density at radius 3 is 2.27 bits per heavy atom. The Balaban J connectivity index is 1.66. The van der Waals surface area contributed by atoms with Gasteiger partial charge in [-0.1, -0.05) is 36.4 Å². The van der Waals surface area contributed by atoms with Gasteiger partial charge in [-0.05, 0) is 55.5 Å². The number of hydrogen-bond acceptors (Lipinski definition) is 3. The maximum absolute atomic E-state index is 12.8. The molecular formula is C25H24N2O3. The number of anilines is 2. The molecule has 5 nitrogen and oxygen atoms in total. The first-order valence-electron chi connectivity index (χ1n) is 9.71. The lowest BCUT2D eigenvalue weighted by Gasteiger charge is -2.21. The van der Waals surface area contributed by atoms with Gasteiger partial charge in [0.15, 0.2) is 0 Å². The van der Waals surface area contributed by atoms with E-state index in [1.165, 1.54) is 6.08 Å². The molecule has 0 aliphatic heterocycles. The second kappa shape index (κ2) is 10.1. The van der Waals surface area contributed by atoms with Crippen molar-refractivity contribution < 1.29 is 14.3 Å². The third-order valence-electron chi connectivity index (χ3n) is 4.58. The van der Waals surface area contributed by atoms with Crippen LogP contribution in [0.2, 0.25) is 0 Å². The average molecular weight is 400 g/mol. The molecular weight excluding hydrogens is 376 g/mol. The van der Waals surface area contributed by atoms with Gasteiger partial charge in [0.2, 0.25) is 5.91 Å². The minimum Gasteiger partial charge on any atom is -0.496 e. The SMILES string of the molecule is CCN(C(=O)c1ccc(NC(=O)/C=C/c2ccccc2OC)cc1)c1ccccc1. The highest BCUT2D eigenvalue weighted by atomic mass is 16.5. The van der Waals surface area contributed by atoms with Crippen molar-refractivity contribution in [1.29, 1.82) is 0 Å². The number of carbonyl (C=O) groups is 2. The molecule has 0 aliphatic rings. The number of nitrogens with one attached hydrogen (secondary N) is 1. The number of carbonyl (C=O) groups excluding carboxylic acids is 2. The summed E-state index contributed by atoms with van der Waals surface area (Å²) in [6, 6.07) is 23.9. The number of methoxy groups -OCH3 is 1. The molecule has 152 valence electrons. The molecule has 0 saturated carbocycles. The van der Waals surface area contributed by atoms with E-state index >= 15 is 0 Å². The van der Waals surface area contributed by atoms with Gasteiger partial charge in [-0.15, -0.1) is 0 Å². The van der Waals surface area contributed by atoms with Gasteiger partial charge in [0.1, 0.15) is 5.75 Å². The molecule has 0 heterocycles. The van der Waals surface area contributed by atoms with Gasteiger partial charge in [-0.2, -0.15) is 0 Å². The highest BCUT2D eigenvalue weighted by molar-refractivity contribution is 6.07. The van der Waals surface area contributed by atoms with E-state index < -0.39 is 0 Å². The lowest BCUT2D eigenvalue weighted by molar-refractivity contribution is -0.111. The van der Waals surface area contributed by atoms with Crippen LogP contribution in [0, 0.1) is 0 Å². The molecule has 0 aromatic heterocycles. The smallest absolute Gasteiger partial charge is 0.258 e. The van der Waals surface area contributed by atoms with Crippen LogP contribution in [0.15, 0.2) is 84.9 Å². The van der Waals surface area contributed by atoms with Crippen molar-refractivity contribution in [2.45, 2.75) is 6.92 Å². The standard InChI is InChI=1S/C25H24N2O3/c1-3-27(22-10-5-4-6-11-22)25(29)20-13-16-21(17-14-20)26-24(28)18-15-19-9-7-8-12-23(19)30-2/h4-18H,3H2,1-2H3,(H,26,28)/b18-15+.